The number of rotatable bonds is 2. The summed E-state index contributed by atoms with van der Waals surface area (Å²) >= 11 is 9.56. The first-order valence-electron chi connectivity index (χ1n) is 5.43. The molecular weight excluding hydrogens is 289 g/mol. The number of hydrogen-bond donors (Lipinski definition) is 1. The van der Waals surface area contributed by atoms with Crippen molar-refractivity contribution in [1.82, 2.24) is 5.32 Å². The number of halogens is 2. The first-order valence-corrected chi connectivity index (χ1v) is 6.61. The van der Waals surface area contributed by atoms with Crippen LogP contribution in [0.25, 0.3) is 0 Å². The van der Waals surface area contributed by atoms with Gasteiger partial charge in [-0.05, 0) is 30.2 Å². The maximum atomic E-state index is 5.99. The molecule has 1 saturated heterocycles. The molecule has 1 atom stereocenters. The number of ether oxygens (including phenoxy) is 1. The second-order valence-corrected chi connectivity index (χ2v) is 5.37. The Balaban J connectivity index is 2.14. The van der Waals surface area contributed by atoms with Gasteiger partial charge >= 0.3 is 0 Å². The molecule has 0 radical (unpaired) electrons. The highest BCUT2D eigenvalue weighted by molar-refractivity contribution is 9.10. The Morgan fingerprint density at radius 1 is 1.56 bits per heavy atom. The van der Waals surface area contributed by atoms with Crippen LogP contribution in [-0.2, 0) is 11.2 Å². The maximum Gasteiger partial charge on any atom is 0.0740 e. The highest BCUT2D eigenvalue weighted by atomic mass is 79.9. The Kier molecular flexibility index (Phi) is 4.25. The van der Waals surface area contributed by atoms with Gasteiger partial charge in [0.2, 0.25) is 0 Å². The fourth-order valence-electron chi connectivity index (χ4n) is 1.97. The molecule has 88 valence electrons. The quantitative estimate of drug-likeness (QED) is 0.907. The Hall–Kier alpha value is -0.0900. The summed E-state index contributed by atoms with van der Waals surface area (Å²) in [5.74, 6) is 0. The summed E-state index contributed by atoms with van der Waals surface area (Å²) in [6.45, 7) is 4.77. The lowest BCUT2D eigenvalue weighted by atomic mass is 10.0. The van der Waals surface area contributed by atoms with E-state index >= 15 is 0 Å². The molecule has 2 rings (SSSR count). The van der Waals surface area contributed by atoms with Gasteiger partial charge in [0, 0.05) is 29.0 Å². The zero-order valence-electron chi connectivity index (χ0n) is 9.22. The van der Waals surface area contributed by atoms with Gasteiger partial charge in [-0.1, -0.05) is 27.5 Å². The standard InChI is InChI=1S/C12H15BrClNO/c1-8-4-9(14)5-12(13)11(8)6-10-7-15-2-3-16-10/h4-5,10,15H,2-3,6-7H2,1H3. The van der Waals surface area contributed by atoms with Gasteiger partial charge in [-0.25, -0.2) is 0 Å². The van der Waals surface area contributed by atoms with Crippen LogP contribution in [0, 0.1) is 6.92 Å². The molecule has 0 amide bonds. The normalized spacial score (nSPS) is 21.1. The molecule has 1 fully saturated rings. The minimum absolute atomic E-state index is 0.268. The molecular formula is C12H15BrClNO. The topological polar surface area (TPSA) is 21.3 Å². The van der Waals surface area contributed by atoms with Gasteiger partial charge in [0.15, 0.2) is 0 Å². The number of hydrogen-bond acceptors (Lipinski definition) is 2. The predicted molar refractivity (Wildman–Crippen MR) is 70.2 cm³/mol. The van der Waals surface area contributed by atoms with Crippen LogP contribution in [0.3, 0.4) is 0 Å². The van der Waals surface area contributed by atoms with E-state index in [-0.39, 0.29) is 6.10 Å². The summed E-state index contributed by atoms with van der Waals surface area (Å²) in [5, 5.41) is 4.11. The lowest BCUT2D eigenvalue weighted by molar-refractivity contribution is 0.0290. The second kappa shape index (κ2) is 5.50. The van der Waals surface area contributed by atoms with Crippen molar-refractivity contribution in [3.05, 3.63) is 32.8 Å². The fourth-order valence-corrected chi connectivity index (χ4v) is 3.09. The summed E-state index contributed by atoms with van der Waals surface area (Å²) < 4.78 is 6.78. The van der Waals surface area contributed by atoms with Crippen LogP contribution in [0.15, 0.2) is 16.6 Å². The number of nitrogens with one attached hydrogen (secondary N) is 1. The molecule has 1 unspecified atom stereocenters. The summed E-state index contributed by atoms with van der Waals surface area (Å²) in [6.07, 6.45) is 1.20. The smallest absolute Gasteiger partial charge is 0.0740 e. The minimum Gasteiger partial charge on any atom is -0.375 e. The van der Waals surface area contributed by atoms with Crippen molar-refractivity contribution in [1.29, 1.82) is 0 Å². The zero-order chi connectivity index (χ0) is 11.5. The zero-order valence-corrected chi connectivity index (χ0v) is 11.6. The predicted octanol–water partition coefficient (Wildman–Crippen LogP) is 2.94. The molecule has 1 aromatic rings. The van der Waals surface area contributed by atoms with Gasteiger partial charge in [0.25, 0.3) is 0 Å². The van der Waals surface area contributed by atoms with E-state index in [1.54, 1.807) is 0 Å². The SMILES string of the molecule is Cc1cc(Cl)cc(Br)c1CC1CNCCO1. The van der Waals surface area contributed by atoms with Crippen LogP contribution in [0.4, 0.5) is 0 Å². The Morgan fingerprint density at radius 3 is 3.00 bits per heavy atom. The first kappa shape index (κ1) is 12.4. The summed E-state index contributed by atoms with van der Waals surface area (Å²) in [6, 6.07) is 3.94. The molecule has 4 heteroatoms. The molecule has 1 aliphatic heterocycles. The van der Waals surface area contributed by atoms with E-state index in [4.69, 9.17) is 16.3 Å². The third-order valence-corrected chi connectivity index (χ3v) is 3.75. The van der Waals surface area contributed by atoms with Crippen molar-refractivity contribution in [2.45, 2.75) is 19.4 Å². The number of aryl methyl sites for hydroxylation is 1. The molecule has 2 nitrogen and oxygen atoms in total. The van der Waals surface area contributed by atoms with Crippen molar-refractivity contribution in [3.63, 3.8) is 0 Å². The largest absolute Gasteiger partial charge is 0.375 e. The van der Waals surface area contributed by atoms with Crippen LogP contribution in [0.2, 0.25) is 5.02 Å². The third kappa shape index (κ3) is 2.98. The molecule has 16 heavy (non-hydrogen) atoms. The van der Waals surface area contributed by atoms with Crippen LogP contribution >= 0.6 is 27.5 Å². The number of morpholine rings is 1. The van der Waals surface area contributed by atoms with E-state index in [0.29, 0.717) is 0 Å². The van der Waals surface area contributed by atoms with E-state index in [0.717, 1.165) is 35.6 Å². The van der Waals surface area contributed by atoms with Gasteiger partial charge in [0.05, 0.1) is 12.7 Å². The Morgan fingerprint density at radius 2 is 2.38 bits per heavy atom. The fraction of sp³-hybridized carbons (Fsp3) is 0.500. The van der Waals surface area contributed by atoms with Crippen LogP contribution in [-0.4, -0.2) is 25.8 Å². The molecule has 0 bridgehead atoms. The highest BCUT2D eigenvalue weighted by Gasteiger charge is 2.16. The van der Waals surface area contributed by atoms with E-state index in [1.807, 2.05) is 12.1 Å². The van der Waals surface area contributed by atoms with Crippen LogP contribution in [0.5, 0.6) is 0 Å². The average molecular weight is 305 g/mol. The summed E-state index contributed by atoms with van der Waals surface area (Å²) in [5.41, 5.74) is 2.51. The second-order valence-electron chi connectivity index (χ2n) is 4.08. The van der Waals surface area contributed by atoms with Crippen molar-refractivity contribution in [2.75, 3.05) is 19.7 Å². The molecule has 1 aliphatic rings. The van der Waals surface area contributed by atoms with E-state index in [1.165, 1.54) is 11.1 Å². The molecule has 0 spiro atoms. The van der Waals surface area contributed by atoms with Gasteiger partial charge in [-0.3, -0.25) is 0 Å². The summed E-state index contributed by atoms with van der Waals surface area (Å²) in [4.78, 5) is 0. The van der Waals surface area contributed by atoms with Crippen molar-refractivity contribution >= 4 is 27.5 Å². The van der Waals surface area contributed by atoms with Gasteiger partial charge < -0.3 is 10.1 Å². The van der Waals surface area contributed by atoms with Crippen molar-refractivity contribution in [2.24, 2.45) is 0 Å². The molecule has 0 saturated carbocycles. The third-order valence-electron chi connectivity index (χ3n) is 2.82. The van der Waals surface area contributed by atoms with E-state index in [2.05, 4.69) is 28.2 Å². The highest BCUT2D eigenvalue weighted by Crippen LogP contribution is 2.27. The van der Waals surface area contributed by atoms with E-state index < -0.39 is 0 Å². The van der Waals surface area contributed by atoms with E-state index in [9.17, 15) is 0 Å². The average Bonchev–Trinajstić information content (AvgIpc) is 2.25. The lowest BCUT2D eigenvalue weighted by Crippen LogP contribution is -2.39. The van der Waals surface area contributed by atoms with Crippen molar-refractivity contribution < 1.29 is 4.74 Å². The first-order chi connectivity index (χ1) is 7.66. The molecule has 1 aromatic carbocycles. The lowest BCUT2D eigenvalue weighted by Gasteiger charge is -2.24. The molecule has 0 aromatic heterocycles. The van der Waals surface area contributed by atoms with Gasteiger partial charge in [-0.15, -0.1) is 0 Å². The van der Waals surface area contributed by atoms with Gasteiger partial charge in [-0.2, -0.15) is 0 Å². The molecule has 0 aliphatic carbocycles. The minimum atomic E-state index is 0.268. The van der Waals surface area contributed by atoms with Crippen LogP contribution < -0.4 is 5.32 Å². The summed E-state index contributed by atoms with van der Waals surface area (Å²) in [7, 11) is 0. The number of benzene rings is 1. The monoisotopic (exact) mass is 303 g/mol. The van der Waals surface area contributed by atoms with Crippen LogP contribution in [0.1, 0.15) is 11.1 Å². The maximum absolute atomic E-state index is 5.99. The molecule has 1 heterocycles. The molecule has 1 N–H and O–H groups in total. The Labute approximate surface area is 109 Å². The van der Waals surface area contributed by atoms with Gasteiger partial charge in [0.1, 0.15) is 0 Å². The van der Waals surface area contributed by atoms with Crippen molar-refractivity contribution in [3.8, 4) is 0 Å². The Bertz CT molecular complexity index is 354.